The Morgan fingerprint density at radius 3 is 2.63 bits per heavy atom. The molecular weight excluding hydrogens is 336 g/mol. The van der Waals surface area contributed by atoms with E-state index in [1.807, 2.05) is 35.3 Å². The summed E-state index contributed by atoms with van der Waals surface area (Å²) in [6.07, 6.45) is 15.4. The monoisotopic (exact) mass is 368 g/mol. The molecule has 146 valence electrons. The van der Waals surface area contributed by atoms with E-state index in [0.29, 0.717) is 0 Å². The van der Waals surface area contributed by atoms with Crippen molar-refractivity contribution < 1.29 is 4.74 Å². The van der Waals surface area contributed by atoms with E-state index in [1.54, 1.807) is 6.20 Å². The Morgan fingerprint density at radius 1 is 1.07 bits per heavy atom. The molecule has 1 fully saturated rings. The summed E-state index contributed by atoms with van der Waals surface area (Å²) in [7, 11) is 0. The van der Waals surface area contributed by atoms with Crippen LogP contribution < -0.4 is 4.74 Å². The van der Waals surface area contributed by atoms with Crippen molar-refractivity contribution >= 4 is 5.84 Å². The number of rotatable bonds is 8. The van der Waals surface area contributed by atoms with Gasteiger partial charge in [0.2, 0.25) is 0 Å². The summed E-state index contributed by atoms with van der Waals surface area (Å²) in [6, 6.07) is 8.22. The van der Waals surface area contributed by atoms with E-state index < -0.39 is 0 Å². The minimum absolute atomic E-state index is 0.748. The number of ether oxygens (including phenoxy) is 1. The maximum absolute atomic E-state index is 6.14. The molecule has 0 unspecified atom stereocenters. The van der Waals surface area contributed by atoms with E-state index in [4.69, 9.17) is 9.84 Å². The molecule has 0 N–H and O–H groups in total. The SMILES string of the molecule is CCCCCCOc1ccccc1C(=NN1CCCCCC1)n1ccnc1. The summed E-state index contributed by atoms with van der Waals surface area (Å²) in [5.74, 6) is 1.79. The van der Waals surface area contributed by atoms with E-state index in [2.05, 4.69) is 23.0 Å². The fourth-order valence-corrected chi connectivity index (χ4v) is 3.41. The van der Waals surface area contributed by atoms with Crippen LogP contribution in [-0.2, 0) is 0 Å². The lowest BCUT2D eigenvalue weighted by molar-refractivity contribution is 0.297. The van der Waals surface area contributed by atoms with Crippen molar-refractivity contribution in [3.63, 3.8) is 0 Å². The molecule has 1 saturated heterocycles. The number of hydrogen-bond donors (Lipinski definition) is 0. The van der Waals surface area contributed by atoms with Crippen molar-refractivity contribution in [1.29, 1.82) is 0 Å². The average molecular weight is 369 g/mol. The third kappa shape index (κ3) is 5.84. The molecule has 1 aliphatic rings. The van der Waals surface area contributed by atoms with Gasteiger partial charge >= 0.3 is 0 Å². The highest BCUT2D eigenvalue weighted by Gasteiger charge is 2.15. The zero-order valence-corrected chi connectivity index (χ0v) is 16.5. The molecule has 27 heavy (non-hydrogen) atoms. The second-order valence-corrected chi connectivity index (χ2v) is 7.17. The molecule has 0 atom stereocenters. The predicted octanol–water partition coefficient (Wildman–Crippen LogP) is 4.93. The Labute approximate surface area is 163 Å². The van der Waals surface area contributed by atoms with Crippen LogP contribution in [0.2, 0.25) is 0 Å². The van der Waals surface area contributed by atoms with Gasteiger partial charge in [0.15, 0.2) is 5.84 Å². The van der Waals surface area contributed by atoms with Crippen molar-refractivity contribution in [2.75, 3.05) is 19.7 Å². The van der Waals surface area contributed by atoms with Gasteiger partial charge in [-0.1, -0.05) is 51.2 Å². The summed E-state index contributed by atoms with van der Waals surface area (Å²) >= 11 is 0. The molecule has 5 nitrogen and oxygen atoms in total. The highest BCUT2D eigenvalue weighted by Crippen LogP contribution is 2.21. The lowest BCUT2D eigenvalue weighted by Gasteiger charge is -2.20. The Morgan fingerprint density at radius 2 is 1.89 bits per heavy atom. The number of unbranched alkanes of at least 4 members (excludes halogenated alkanes) is 3. The summed E-state index contributed by atoms with van der Waals surface area (Å²) < 4.78 is 8.13. The molecule has 2 aromatic rings. The van der Waals surface area contributed by atoms with Gasteiger partial charge in [0, 0.05) is 25.5 Å². The van der Waals surface area contributed by atoms with Crippen LogP contribution in [0.5, 0.6) is 5.75 Å². The fourth-order valence-electron chi connectivity index (χ4n) is 3.41. The normalized spacial score (nSPS) is 15.6. The zero-order chi connectivity index (χ0) is 18.7. The minimum Gasteiger partial charge on any atom is -0.493 e. The van der Waals surface area contributed by atoms with Gasteiger partial charge in [-0.15, -0.1) is 0 Å². The fraction of sp³-hybridized carbons (Fsp3) is 0.545. The van der Waals surface area contributed by atoms with E-state index in [-0.39, 0.29) is 0 Å². The molecule has 0 radical (unpaired) electrons. The van der Waals surface area contributed by atoms with Gasteiger partial charge in [0.25, 0.3) is 0 Å². The van der Waals surface area contributed by atoms with E-state index >= 15 is 0 Å². The third-order valence-electron chi connectivity index (χ3n) is 4.95. The maximum atomic E-state index is 6.14. The highest BCUT2D eigenvalue weighted by atomic mass is 16.5. The first kappa shape index (κ1) is 19.5. The first-order chi connectivity index (χ1) is 13.4. The molecule has 0 spiro atoms. The molecule has 0 bridgehead atoms. The molecule has 1 aliphatic heterocycles. The van der Waals surface area contributed by atoms with Crippen LogP contribution in [0.25, 0.3) is 0 Å². The van der Waals surface area contributed by atoms with E-state index in [9.17, 15) is 0 Å². The van der Waals surface area contributed by atoms with Crippen molar-refractivity contribution in [1.82, 2.24) is 14.6 Å². The van der Waals surface area contributed by atoms with Crippen LogP contribution in [0.15, 0.2) is 48.1 Å². The van der Waals surface area contributed by atoms with Gasteiger partial charge in [-0.25, -0.2) is 4.98 Å². The van der Waals surface area contributed by atoms with Gasteiger partial charge in [0.1, 0.15) is 12.1 Å². The number of hydrogen-bond acceptors (Lipinski definition) is 4. The molecule has 5 heteroatoms. The molecule has 0 aliphatic carbocycles. The van der Waals surface area contributed by atoms with Crippen LogP contribution in [0.1, 0.15) is 63.9 Å². The van der Waals surface area contributed by atoms with Gasteiger partial charge < -0.3 is 4.74 Å². The number of hydrazone groups is 1. The Kier molecular flexibility index (Phi) is 7.75. The first-order valence-electron chi connectivity index (χ1n) is 10.4. The van der Waals surface area contributed by atoms with Gasteiger partial charge in [-0.05, 0) is 31.4 Å². The summed E-state index contributed by atoms with van der Waals surface area (Å²) in [6.45, 7) is 5.00. The van der Waals surface area contributed by atoms with Crippen LogP contribution in [-0.4, -0.2) is 40.1 Å². The highest BCUT2D eigenvalue weighted by molar-refractivity contribution is 6.02. The largest absolute Gasteiger partial charge is 0.493 e. The Hall–Kier alpha value is -2.30. The third-order valence-corrected chi connectivity index (χ3v) is 4.95. The minimum atomic E-state index is 0.748. The quantitative estimate of drug-likeness (QED) is 0.377. The van der Waals surface area contributed by atoms with Crippen molar-refractivity contribution in [2.45, 2.75) is 58.3 Å². The topological polar surface area (TPSA) is 42.6 Å². The Balaban J connectivity index is 1.82. The summed E-state index contributed by atoms with van der Waals surface area (Å²) in [5, 5.41) is 7.23. The van der Waals surface area contributed by atoms with Crippen LogP contribution in [0.4, 0.5) is 0 Å². The standard InChI is InChI=1S/C22H32N4O/c1-2-3-4-11-18-27-21-13-8-7-12-20(21)22(25-17-14-23-19-25)24-26-15-9-5-6-10-16-26/h7-8,12-14,17,19H,2-6,9-11,15-16,18H2,1H3. The summed E-state index contributed by atoms with van der Waals surface area (Å²) in [4.78, 5) is 4.23. The average Bonchev–Trinajstić information content (AvgIpc) is 3.11. The second kappa shape index (κ2) is 10.8. The van der Waals surface area contributed by atoms with E-state index in [1.165, 1.54) is 44.9 Å². The molecule has 2 heterocycles. The lowest BCUT2D eigenvalue weighted by Crippen LogP contribution is -2.24. The molecule has 3 rings (SSSR count). The summed E-state index contributed by atoms with van der Waals surface area (Å²) in [5.41, 5.74) is 1.02. The molecule has 1 aromatic carbocycles. The zero-order valence-electron chi connectivity index (χ0n) is 16.5. The van der Waals surface area contributed by atoms with Crippen molar-refractivity contribution in [3.8, 4) is 5.75 Å². The number of para-hydroxylation sites is 1. The molecule has 1 aromatic heterocycles. The molecular formula is C22H32N4O. The van der Waals surface area contributed by atoms with Gasteiger partial charge in [0.05, 0.1) is 12.2 Å². The number of nitrogens with zero attached hydrogens (tertiary/aromatic N) is 4. The first-order valence-corrected chi connectivity index (χ1v) is 10.4. The van der Waals surface area contributed by atoms with Crippen molar-refractivity contribution in [3.05, 3.63) is 48.5 Å². The van der Waals surface area contributed by atoms with E-state index in [0.717, 1.165) is 43.3 Å². The molecule has 0 amide bonds. The van der Waals surface area contributed by atoms with Gasteiger partial charge in [-0.2, -0.15) is 5.10 Å². The second-order valence-electron chi connectivity index (χ2n) is 7.17. The van der Waals surface area contributed by atoms with Crippen LogP contribution in [0.3, 0.4) is 0 Å². The Bertz CT molecular complexity index is 688. The smallest absolute Gasteiger partial charge is 0.169 e. The van der Waals surface area contributed by atoms with Gasteiger partial charge in [-0.3, -0.25) is 9.58 Å². The van der Waals surface area contributed by atoms with Crippen molar-refractivity contribution in [2.24, 2.45) is 5.10 Å². The predicted molar refractivity (Wildman–Crippen MR) is 110 cm³/mol. The van der Waals surface area contributed by atoms with Crippen LogP contribution in [0, 0.1) is 0 Å². The number of aromatic nitrogens is 2. The number of benzene rings is 1. The number of imidazole rings is 1. The molecule has 0 saturated carbocycles. The maximum Gasteiger partial charge on any atom is 0.169 e. The lowest BCUT2D eigenvalue weighted by atomic mass is 10.1. The van der Waals surface area contributed by atoms with Crippen LogP contribution >= 0.6 is 0 Å².